The lowest BCUT2D eigenvalue weighted by Crippen LogP contribution is -2.09. The summed E-state index contributed by atoms with van der Waals surface area (Å²) in [4.78, 5) is 4.72. The first-order valence-corrected chi connectivity index (χ1v) is 46.8. The van der Waals surface area contributed by atoms with E-state index in [-0.39, 0.29) is 0 Å². The van der Waals surface area contributed by atoms with E-state index in [9.17, 15) is 0 Å². The number of allylic oxidation sites excluding steroid dienone is 2. The van der Waals surface area contributed by atoms with Gasteiger partial charge in [0.1, 0.15) is 0 Å². The number of nitrogens with zero attached hydrogens (tertiary/aromatic N) is 6. The van der Waals surface area contributed by atoms with Crippen LogP contribution < -0.4 is 9.80 Å². The molecule has 0 radical (unpaired) electrons. The molecule has 2 aliphatic carbocycles. The Morgan fingerprint density at radius 1 is 0.200 bits per heavy atom. The minimum absolute atomic E-state index is 0.659. The molecule has 6 heteroatoms. The van der Waals surface area contributed by atoms with Crippen molar-refractivity contribution in [1.82, 2.24) is 18.3 Å². The van der Waals surface area contributed by atoms with Crippen molar-refractivity contribution < 1.29 is 0 Å². The van der Waals surface area contributed by atoms with Gasteiger partial charge in [0.2, 0.25) is 0 Å². The quantitative estimate of drug-likeness (QED) is 0.0671. The normalized spacial score (nSPS) is 13.9. The first-order chi connectivity index (χ1) is 66.9. The zero-order valence-corrected chi connectivity index (χ0v) is 74.2. The number of rotatable bonds is 17. The first kappa shape index (κ1) is 79.6. The molecule has 3 unspecified atom stereocenters. The van der Waals surface area contributed by atoms with Gasteiger partial charge in [0.25, 0.3) is 0 Å². The maximum absolute atomic E-state index is 5.66. The zero-order chi connectivity index (χ0) is 89.4. The van der Waals surface area contributed by atoms with E-state index >= 15 is 0 Å². The molecule has 0 spiro atoms. The van der Waals surface area contributed by atoms with E-state index in [1.54, 1.807) is 0 Å². The molecular weight excluding hydrogens is 1630 g/mol. The summed E-state index contributed by atoms with van der Waals surface area (Å²) in [5.74, 6) is 4.86. The summed E-state index contributed by atoms with van der Waals surface area (Å²) in [5, 5.41) is 9.98. The van der Waals surface area contributed by atoms with Crippen molar-refractivity contribution in [3.05, 3.63) is 509 Å². The van der Waals surface area contributed by atoms with E-state index in [1.807, 2.05) is 12.1 Å². The molecule has 1 fully saturated rings. The predicted molar refractivity (Wildman–Crippen MR) is 568 cm³/mol. The summed E-state index contributed by atoms with van der Waals surface area (Å²) in [6.07, 6.45) is 13.2. The molecule has 1 saturated carbocycles. The third-order valence-corrected chi connectivity index (χ3v) is 28.2. The summed E-state index contributed by atoms with van der Waals surface area (Å²) >= 11 is 0. The number of aromatic nitrogens is 4. The predicted octanol–water partition coefficient (Wildman–Crippen LogP) is 34.4. The monoisotopic (exact) mass is 1720 g/mol. The van der Waals surface area contributed by atoms with E-state index in [0.29, 0.717) is 11.8 Å². The Kier molecular flexibility index (Phi) is 19.9. The van der Waals surface area contributed by atoms with E-state index in [0.717, 1.165) is 79.2 Å². The van der Waals surface area contributed by atoms with Crippen LogP contribution in [0.1, 0.15) is 29.9 Å². The number of hydrogen-bond donors (Lipinski definition) is 0. The fraction of sp³-hybridized carbons (Fsp3) is 0.0388. The second kappa shape index (κ2) is 33.8. The van der Waals surface area contributed by atoms with Crippen molar-refractivity contribution >= 4 is 121 Å². The number of benzene rings is 20. The van der Waals surface area contributed by atoms with Crippen molar-refractivity contribution in [1.29, 1.82) is 0 Å². The second-order valence-corrected chi connectivity index (χ2v) is 35.9. The van der Waals surface area contributed by atoms with Crippen molar-refractivity contribution in [3.8, 4) is 102 Å². The van der Waals surface area contributed by atoms with Crippen molar-refractivity contribution in [2.75, 3.05) is 9.80 Å². The fourth-order valence-corrected chi connectivity index (χ4v) is 21.6. The van der Waals surface area contributed by atoms with E-state index in [4.69, 9.17) is 6.42 Å². The maximum Gasteiger partial charge on any atom is 0.0541 e. The van der Waals surface area contributed by atoms with Gasteiger partial charge < -0.3 is 28.1 Å². The molecule has 3 atom stereocenters. The van der Waals surface area contributed by atoms with Crippen LogP contribution in [0.15, 0.2) is 497 Å². The van der Waals surface area contributed by atoms with Crippen LogP contribution in [0.2, 0.25) is 0 Å². The van der Waals surface area contributed by atoms with E-state index in [2.05, 4.69) is 519 Å². The molecule has 2 bridgehead atoms. The molecule has 20 aromatic carbocycles. The molecule has 0 amide bonds. The van der Waals surface area contributed by atoms with Crippen LogP contribution in [0.25, 0.3) is 177 Å². The largest absolute Gasteiger partial charge is 0.311 e. The van der Waals surface area contributed by atoms with Crippen LogP contribution in [-0.2, 0) is 0 Å². The fourth-order valence-electron chi connectivity index (χ4n) is 21.6. The van der Waals surface area contributed by atoms with Crippen LogP contribution in [0, 0.1) is 24.2 Å². The van der Waals surface area contributed by atoms with Crippen LogP contribution in [0.3, 0.4) is 0 Å². The van der Waals surface area contributed by atoms with E-state index in [1.165, 1.54) is 162 Å². The molecular formula is C129H90N6. The highest BCUT2D eigenvalue weighted by atomic mass is 15.1. The summed E-state index contributed by atoms with van der Waals surface area (Å²) in [7, 11) is 0. The Bertz CT molecular complexity index is 8260. The van der Waals surface area contributed by atoms with Crippen LogP contribution in [-0.4, -0.2) is 18.3 Å². The standard InChI is InChI=1S/C67H49N3.C62H41N3/c1-3-11-54(12-4-1)69-64-17-9-7-15-59(64)62-43-51(31-39-66(62)69)48-27-35-57(36-28-48)68(56-33-25-47(26-34-56)46-21-23-50(24-22-46)61-42-45-19-20-53(61)41-45)58-37-29-49(30-38-58)52-32-40-67-63(44-52)60-16-8-10-18-65(60)70(67)55-13-5-2-6-14-55;1-2-43-21-23-44(24-22-43)45-25-33-52(34-26-45)63(53-35-27-46(28-36-53)48-31-39-61-57(41-48)55-17-9-11-19-59(55)64(61)50-13-5-3-6-14-50)54-37-29-47(30-38-54)49-32-40-62-58(42-49)56-18-10-12-20-60(56)65(62)51-15-7-4-8-16-51/h1-40,43-45,53,61H,41-42H2;1,3-42H. The molecule has 26 rings (SSSR count). The van der Waals surface area contributed by atoms with Crippen molar-refractivity contribution in [2.45, 2.75) is 18.8 Å². The molecule has 135 heavy (non-hydrogen) atoms. The number of hydrogen-bond acceptors (Lipinski definition) is 2. The lowest BCUT2D eigenvalue weighted by atomic mass is 9.86. The molecule has 4 heterocycles. The summed E-state index contributed by atoms with van der Waals surface area (Å²) in [6, 6.07) is 177. The summed E-state index contributed by atoms with van der Waals surface area (Å²) < 4.78 is 9.48. The Balaban J connectivity index is 0.000000144. The molecule has 4 aromatic heterocycles. The van der Waals surface area contributed by atoms with E-state index < -0.39 is 0 Å². The molecule has 24 aromatic rings. The minimum Gasteiger partial charge on any atom is -0.311 e. The van der Waals surface area contributed by atoms with Gasteiger partial charge in [-0.3, -0.25) is 0 Å². The molecule has 2 aliphatic rings. The number of fused-ring (bicyclic) bond motifs is 14. The highest BCUT2D eigenvalue weighted by Crippen LogP contribution is 2.51. The van der Waals surface area contributed by atoms with Crippen LogP contribution >= 0.6 is 0 Å². The Morgan fingerprint density at radius 3 is 0.667 bits per heavy atom. The molecule has 0 N–H and O–H groups in total. The van der Waals surface area contributed by atoms with Gasteiger partial charge in [-0.05, 0) is 309 Å². The maximum atomic E-state index is 5.66. The van der Waals surface area contributed by atoms with Gasteiger partial charge in [0.15, 0.2) is 0 Å². The lowest BCUT2D eigenvalue weighted by Gasteiger charge is -2.26. The topological polar surface area (TPSA) is 26.2 Å². The molecule has 0 saturated heterocycles. The van der Waals surface area contributed by atoms with Gasteiger partial charge in [0.05, 0.1) is 44.1 Å². The number of anilines is 6. The number of terminal acetylenes is 1. The third-order valence-electron chi connectivity index (χ3n) is 28.2. The minimum atomic E-state index is 0.659. The number of para-hydroxylation sites is 8. The smallest absolute Gasteiger partial charge is 0.0541 e. The zero-order valence-electron chi connectivity index (χ0n) is 74.2. The van der Waals surface area contributed by atoms with Gasteiger partial charge in [-0.2, -0.15) is 0 Å². The molecule has 0 aliphatic heterocycles. The van der Waals surface area contributed by atoms with Crippen molar-refractivity contribution in [3.63, 3.8) is 0 Å². The Morgan fingerprint density at radius 2 is 0.422 bits per heavy atom. The van der Waals surface area contributed by atoms with Gasteiger partial charge >= 0.3 is 0 Å². The third kappa shape index (κ3) is 14.4. The van der Waals surface area contributed by atoms with Crippen LogP contribution in [0.5, 0.6) is 0 Å². The summed E-state index contributed by atoms with van der Waals surface area (Å²) in [5.41, 5.74) is 37.4. The van der Waals surface area contributed by atoms with Crippen molar-refractivity contribution in [2.24, 2.45) is 11.8 Å². The molecule has 636 valence electrons. The molecule has 6 nitrogen and oxygen atoms in total. The lowest BCUT2D eigenvalue weighted by molar-refractivity contribution is 0.586. The van der Waals surface area contributed by atoms with Crippen LogP contribution in [0.4, 0.5) is 34.1 Å². The highest BCUT2D eigenvalue weighted by Gasteiger charge is 2.36. The first-order valence-electron chi connectivity index (χ1n) is 46.8. The Labute approximate surface area is 785 Å². The SMILES string of the molecule is C#Cc1ccc(-c2ccc(N(c3ccc(-c4ccc5c(c4)c4ccccc4n5-c4ccccc4)cc3)c3ccc(-c4ccc5c(c4)c4ccccc4n5-c4ccccc4)cc3)cc2)cc1.C1=CC2CC1CC2c1ccc(-c2ccc(N(c3ccc(-c4ccc5c(c4)c4ccccc4n5-c4ccccc4)cc3)c3ccc(-c4ccc5c(c4)c4ccccc4n5-c4ccccc4)cc3)cc2)cc1. The highest BCUT2D eigenvalue weighted by molar-refractivity contribution is 6.14. The van der Waals surface area contributed by atoms with Gasteiger partial charge in [0, 0.05) is 106 Å². The Hall–Kier alpha value is -17.5. The van der Waals surface area contributed by atoms with Gasteiger partial charge in [-0.1, -0.05) is 297 Å². The average molecular weight is 1720 g/mol. The van der Waals surface area contributed by atoms with Gasteiger partial charge in [-0.15, -0.1) is 6.42 Å². The van der Waals surface area contributed by atoms with Gasteiger partial charge in [-0.25, -0.2) is 0 Å². The summed E-state index contributed by atoms with van der Waals surface area (Å²) in [6.45, 7) is 0. The average Bonchev–Trinajstić information content (AvgIpc) is 1.60. The second-order valence-electron chi connectivity index (χ2n) is 35.9.